The van der Waals surface area contributed by atoms with Gasteiger partial charge < -0.3 is 14.2 Å². The lowest BCUT2D eigenvalue weighted by atomic mass is 10.1. The molecule has 218 valence electrons. The predicted octanol–water partition coefficient (Wildman–Crippen LogP) is 5.84. The van der Waals surface area contributed by atoms with Crippen LogP contribution in [-0.4, -0.2) is 52.7 Å². The van der Waals surface area contributed by atoms with Crippen LogP contribution in [0.25, 0.3) is 0 Å². The van der Waals surface area contributed by atoms with Gasteiger partial charge in [-0.1, -0.05) is 66.4 Å². The van der Waals surface area contributed by atoms with Crippen LogP contribution in [-0.2, 0) is 29.6 Å². The second kappa shape index (κ2) is 12.8. The largest absolute Gasteiger partial charge is 0.437 e. The van der Waals surface area contributed by atoms with Gasteiger partial charge in [0.25, 0.3) is 5.22 Å². The first kappa shape index (κ1) is 29.3. The standard InChI is InChI=1S/C30H26F4N4O3S/c31-23-9-5-4-8-22(23)17-26(40)38-14-12-37(13-15-38)25-11-10-21(18-35-25)16-24(39)27-28(30(32,33)34)36-29(41-27)42-19-20-6-2-1-3-7-20/h1-11,18H,12-17,19H2. The summed E-state index contributed by atoms with van der Waals surface area (Å²) in [6.07, 6.45) is -3.76. The Bertz CT molecular complexity index is 1540. The second-order valence-corrected chi connectivity index (χ2v) is 10.6. The fraction of sp³-hybridized carbons (Fsp3) is 0.267. The number of benzene rings is 2. The number of anilines is 1. The van der Waals surface area contributed by atoms with E-state index >= 15 is 0 Å². The summed E-state index contributed by atoms with van der Waals surface area (Å²) in [7, 11) is 0. The Morgan fingerprint density at radius 2 is 1.60 bits per heavy atom. The van der Waals surface area contributed by atoms with Gasteiger partial charge in [-0.25, -0.2) is 9.37 Å². The highest BCUT2D eigenvalue weighted by Gasteiger charge is 2.41. The van der Waals surface area contributed by atoms with Gasteiger partial charge in [0.15, 0.2) is 5.69 Å². The number of Topliss-reactive ketones (excluding diaryl/α,β-unsaturated/α-hetero) is 1. The molecule has 1 fully saturated rings. The number of pyridine rings is 1. The van der Waals surface area contributed by atoms with E-state index in [2.05, 4.69) is 9.97 Å². The van der Waals surface area contributed by atoms with Crippen LogP contribution in [0, 0.1) is 5.82 Å². The quantitative estimate of drug-likeness (QED) is 0.136. The first-order chi connectivity index (χ1) is 20.2. The van der Waals surface area contributed by atoms with E-state index < -0.39 is 29.2 Å². The second-order valence-electron chi connectivity index (χ2n) is 9.69. The maximum absolute atomic E-state index is 13.9. The molecule has 7 nitrogen and oxygen atoms in total. The molecule has 12 heteroatoms. The van der Waals surface area contributed by atoms with Crippen molar-refractivity contribution in [2.75, 3.05) is 31.1 Å². The number of amides is 1. The Hall–Kier alpha value is -4.19. The number of thioether (sulfide) groups is 1. The van der Waals surface area contributed by atoms with Crippen LogP contribution in [0.5, 0.6) is 0 Å². The predicted molar refractivity (Wildman–Crippen MR) is 149 cm³/mol. The maximum atomic E-state index is 13.9. The molecule has 2 aromatic heterocycles. The van der Waals surface area contributed by atoms with E-state index in [1.54, 1.807) is 35.2 Å². The molecule has 0 N–H and O–H groups in total. The van der Waals surface area contributed by atoms with Crippen LogP contribution in [0.1, 0.15) is 32.9 Å². The van der Waals surface area contributed by atoms with Crippen LogP contribution in [0.15, 0.2) is 82.6 Å². The highest BCUT2D eigenvalue weighted by atomic mass is 32.2. The normalized spacial score (nSPS) is 13.8. The minimum atomic E-state index is -4.85. The molecule has 1 aliphatic rings. The van der Waals surface area contributed by atoms with Crippen LogP contribution >= 0.6 is 11.8 Å². The summed E-state index contributed by atoms with van der Waals surface area (Å²) in [5, 5.41) is -0.227. The molecule has 5 rings (SSSR count). The minimum Gasteiger partial charge on any atom is -0.427 e. The molecule has 1 saturated heterocycles. The first-order valence-electron chi connectivity index (χ1n) is 13.2. The number of carbonyl (C=O) groups is 2. The van der Waals surface area contributed by atoms with Gasteiger partial charge in [-0.05, 0) is 28.8 Å². The highest BCUT2D eigenvalue weighted by Crippen LogP contribution is 2.35. The van der Waals surface area contributed by atoms with Gasteiger partial charge in [0.05, 0.1) is 6.42 Å². The van der Waals surface area contributed by atoms with Crippen molar-refractivity contribution < 1.29 is 31.6 Å². The molecule has 0 unspecified atom stereocenters. The average Bonchev–Trinajstić information content (AvgIpc) is 3.44. The molecule has 2 aromatic carbocycles. The molecule has 0 saturated carbocycles. The number of ketones is 1. The van der Waals surface area contributed by atoms with Gasteiger partial charge in [-0.2, -0.15) is 18.2 Å². The molecule has 0 radical (unpaired) electrons. The Kier molecular flexibility index (Phi) is 8.91. The number of oxazole rings is 1. The molecule has 0 aliphatic carbocycles. The molecule has 1 amide bonds. The lowest BCUT2D eigenvalue weighted by molar-refractivity contribution is -0.141. The summed E-state index contributed by atoms with van der Waals surface area (Å²) in [4.78, 5) is 37.1. The summed E-state index contributed by atoms with van der Waals surface area (Å²) in [6, 6.07) is 18.6. The van der Waals surface area contributed by atoms with Gasteiger partial charge in [0.1, 0.15) is 11.6 Å². The van der Waals surface area contributed by atoms with E-state index in [9.17, 15) is 27.2 Å². The van der Waals surface area contributed by atoms with E-state index in [1.807, 2.05) is 35.2 Å². The fourth-order valence-corrected chi connectivity index (χ4v) is 5.32. The van der Waals surface area contributed by atoms with E-state index in [0.29, 0.717) is 48.9 Å². The van der Waals surface area contributed by atoms with Crippen LogP contribution in [0.4, 0.5) is 23.4 Å². The zero-order valence-corrected chi connectivity index (χ0v) is 23.1. The molecule has 42 heavy (non-hydrogen) atoms. The Morgan fingerprint density at radius 1 is 0.881 bits per heavy atom. The Labute approximate surface area is 243 Å². The first-order valence-corrected chi connectivity index (χ1v) is 14.1. The summed E-state index contributed by atoms with van der Waals surface area (Å²) >= 11 is 0.980. The molecule has 0 bridgehead atoms. The molecule has 0 spiro atoms. The highest BCUT2D eigenvalue weighted by molar-refractivity contribution is 7.98. The summed E-state index contributed by atoms with van der Waals surface area (Å²) in [6.45, 7) is 1.88. The van der Waals surface area contributed by atoms with Gasteiger partial charge in [-0.15, -0.1) is 0 Å². The fourth-order valence-electron chi connectivity index (χ4n) is 4.54. The topological polar surface area (TPSA) is 79.5 Å². The zero-order valence-electron chi connectivity index (χ0n) is 22.3. The summed E-state index contributed by atoms with van der Waals surface area (Å²) in [5.74, 6) is -1.29. The van der Waals surface area contributed by atoms with E-state index in [0.717, 1.165) is 17.3 Å². The summed E-state index contributed by atoms with van der Waals surface area (Å²) in [5.41, 5.74) is 0.316. The zero-order chi connectivity index (χ0) is 29.7. The Balaban J connectivity index is 1.18. The van der Waals surface area contributed by atoms with Crippen molar-refractivity contribution in [3.05, 3.63) is 107 Å². The molecular weight excluding hydrogens is 572 g/mol. The monoisotopic (exact) mass is 598 g/mol. The van der Waals surface area contributed by atoms with Crippen LogP contribution < -0.4 is 4.90 Å². The van der Waals surface area contributed by atoms with E-state index in [1.165, 1.54) is 12.3 Å². The van der Waals surface area contributed by atoms with Gasteiger partial charge >= 0.3 is 6.18 Å². The van der Waals surface area contributed by atoms with Crippen molar-refractivity contribution in [1.82, 2.24) is 14.9 Å². The van der Waals surface area contributed by atoms with Crippen molar-refractivity contribution in [2.45, 2.75) is 30.0 Å². The number of rotatable bonds is 9. The van der Waals surface area contributed by atoms with E-state index in [-0.39, 0.29) is 24.0 Å². The maximum Gasteiger partial charge on any atom is 0.437 e. The minimum absolute atomic E-state index is 0.0118. The number of carbonyl (C=O) groups excluding carboxylic acids is 2. The molecule has 3 heterocycles. The molecule has 0 atom stereocenters. The number of hydrogen-bond donors (Lipinski definition) is 0. The SMILES string of the molecule is O=C(Cc1ccc(N2CCN(C(=O)Cc3ccccc3F)CC2)nc1)c1oc(SCc2ccccc2)nc1C(F)(F)F. The number of halogens is 4. The van der Waals surface area contributed by atoms with Crippen molar-refractivity contribution in [3.63, 3.8) is 0 Å². The van der Waals surface area contributed by atoms with Crippen molar-refractivity contribution in [1.29, 1.82) is 0 Å². The van der Waals surface area contributed by atoms with Crippen LogP contribution in [0.2, 0.25) is 0 Å². The Morgan fingerprint density at radius 3 is 2.26 bits per heavy atom. The third-order valence-corrected chi connectivity index (χ3v) is 7.66. The third-order valence-electron chi connectivity index (χ3n) is 6.76. The number of alkyl halides is 3. The van der Waals surface area contributed by atoms with Gasteiger partial charge in [-0.3, -0.25) is 9.59 Å². The van der Waals surface area contributed by atoms with Gasteiger partial charge in [0, 0.05) is 44.5 Å². The van der Waals surface area contributed by atoms with Crippen LogP contribution in [0.3, 0.4) is 0 Å². The smallest absolute Gasteiger partial charge is 0.427 e. The lowest BCUT2D eigenvalue weighted by Gasteiger charge is -2.35. The number of piperazine rings is 1. The third kappa shape index (κ3) is 7.17. The number of hydrogen-bond acceptors (Lipinski definition) is 7. The summed E-state index contributed by atoms with van der Waals surface area (Å²) < 4.78 is 60.1. The van der Waals surface area contributed by atoms with Crippen molar-refractivity contribution >= 4 is 29.3 Å². The van der Waals surface area contributed by atoms with Crippen molar-refractivity contribution in [3.8, 4) is 0 Å². The molecule has 1 aliphatic heterocycles. The van der Waals surface area contributed by atoms with Crippen molar-refractivity contribution in [2.24, 2.45) is 0 Å². The van der Waals surface area contributed by atoms with Gasteiger partial charge in [0.2, 0.25) is 17.5 Å². The number of nitrogens with zero attached hydrogens (tertiary/aromatic N) is 4. The average molecular weight is 599 g/mol. The van der Waals surface area contributed by atoms with E-state index in [4.69, 9.17) is 4.42 Å². The molecule has 4 aromatic rings. The lowest BCUT2D eigenvalue weighted by Crippen LogP contribution is -2.49. The molecular formula is C30H26F4N4O3S. The number of aromatic nitrogens is 2.